The van der Waals surface area contributed by atoms with E-state index in [0.717, 1.165) is 13.0 Å². The third-order valence-electron chi connectivity index (χ3n) is 2.90. The average molecular weight is 327 g/mol. The molecule has 0 radical (unpaired) electrons. The van der Waals surface area contributed by atoms with Crippen LogP contribution in [0.5, 0.6) is 0 Å². The van der Waals surface area contributed by atoms with Gasteiger partial charge in [-0.3, -0.25) is 4.79 Å². The molecule has 23 heavy (non-hydrogen) atoms. The highest BCUT2D eigenvalue weighted by atomic mass is 19.3. The van der Waals surface area contributed by atoms with Gasteiger partial charge in [0, 0.05) is 19.2 Å². The van der Waals surface area contributed by atoms with E-state index in [1.54, 1.807) is 18.2 Å². The zero-order chi connectivity index (χ0) is 17.2. The van der Waals surface area contributed by atoms with Crippen molar-refractivity contribution in [3.8, 4) is 11.5 Å². The Kier molecular flexibility index (Phi) is 7.65. The van der Waals surface area contributed by atoms with Gasteiger partial charge in [0.1, 0.15) is 11.5 Å². The van der Waals surface area contributed by atoms with E-state index >= 15 is 0 Å². The van der Waals surface area contributed by atoms with E-state index in [4.69, 9.17) is 14.3 Å². The van der Waals surface area contributed by atoms with Crippen LogP contribution in [0.3, 0.4) is 0 Å². The average Bonchev–Trinajstić information content (AvgIpc) is 3.07. The Hall–Kier alpha value is -2.51. The van der Waals surface area contributed by atoms with Crippen LogP contribution in [0.25, 0.3) is 11.5 Å². The lowest BCUT2D eigenvalue weighted by molar-refractivity contribution is -0.122. The van der Waals surface area contributed by atoms with Crippen LogP contribution in [0.1, 0.15) is 32.5 Å². The van der Waals surface area contributed by atoms with Crippen LogP contribution >= 0.6 is 0 Å². The molecule has 0 aliphatic heterocycles. The van der Waals surface area contributed by atoms with Gasteiger partial charge in [0.15, 0.2) is 11.6 Å². The van der Waals surface area contributed by atoms with Crippen LogP contribution in [0.4, 0.5) is 14.6 Å². The van der Waals surface area contributed by atoms with Crippen LogP contribution < -0.4 is 4.90 Å². The Labute approximate surface area is 132 Å². The van der Waals surface area contributed by atoms with E-state index in [-0.39, 0.29) is 6.47 Å². The van der Waals surface area contributed by atoms with E-state index < -0.39 is 12.2 Å². The molecule has 126 valence electrons. The van der Waals surface area contributed by atoms with Crippen molar-refractivity contribution >= 4 is 12.3 Å². The number of carbonyl (C=O) groups is 1. The van der Waals surface area contributed by atoms with E-state index in [1.807, 2.05) is 18.7 Å². The number of nitrogens with zero attached hydrogens (tertiary/aromatic N) is 3. The Balaban J connectivity index is 0.000000816. The molecule has 2 aromatic rings. The number of alkyl halides is 2. The molecule has 1 N–H and O–H groups in total. The summed E-state index contributed by atoms with van der Waals surface area (Å²) in [5, 5.41) is 6.89. The summed E-state index contributed by atoms with van der Waals surface area (Å²) in [5.41, 5.74) is 0.379. The fourth-order valence-electron chi connectivity index (χ4n) is 1.97. The fraction of sp³-hybridized carbons (Fsp3) is 0.400. The van der Waals surface area contributed by atoms with Crippen molar-refractivity contribution in [3.63, 3.8) is 0 Å². The molecule has 2 rings (SSSR count). The molecule has 0 aromatic carbocycles. The highest BCUT2D eigenvalue weighted by Gasteiger charge is 2.17. The molecule has 0 saturated heterocycles. The molecule has 6 nitrogen and oxygen atoms in total. The molecule has 8 heteroatoms. The second-order valence-corrected chi connectivity index (χ2v) is 4.43. The van der Waals surface area contributed by atoms with Gasteiger partial charge in [0.25, 0.3) is 12.9 Å². The molecule has 0 bridgehead atoms. The van der Waals surface area contributed by atoms with E-state index in [0.29, 0.717) is 23.8 Å². The first-order valence-electron chi connectivity index (χ1n) is 7.11. The van der Waals surface area contributed by atoms with Gasteiger partial charge in [-0.2, -0.15) is 0 Å². The van der Waals surface area contributed by atoms with E-state index in [2.05, 4.69) is 9.97 Å². The number of rotatable bonds is 6. The topological polar surface area (TPSA) is 79.5 Å². The van der Waals surface area contributed by atoms with Crippen molar-refractivity contribution in [1.82, 2.24) is 9.97 Å². The lowest BCUT2D eigenvalue weighted by Crippen LogP contribution is -2.25. The number of furan rings is 1. The number of halogens is 2. The summed E-state index contributed by atoms with van der Waals surface area (Å²) in [6, 6.07) is 5.07. The standard InChI is InChI=1S/C14H17F2N3O.CH2O2/c1-3-7-19(4-2)12-9-10(11-6-5-8-20-11)17-14(18-12)13(15)16;2-1-3/h5-6,8-9,13H,3-4,7H2,1-2H3;1H,(H,2,3). The Morgan fingerprint density at radius 3 is 2.57 bits per heavy atom. The zero-order valence-electron chi connectivity index (χ0n) is 12.9. The van der Waals surface area contributed by atoms with Crippen LogP contribution in [0.15, 0.2) is 28.9 Å². The third kappa shape index (κ3) is 5.32. The molecule has 0 unspecified atom stereocenters. The summed E-state index contributed by atoms with van der Waals surface area (Å²) in [5.74, 6) is 0.498. The molecule has 0 aliphatic rings. The predicted molar refractivity (Wildman–Crippen MR) is 81.6 cm³/mol. The zero-order valence-corrected chi connectivity index (χ0v) is 12.9. The maximum absolute atomic E-state index is 12.9. The maximum atomic E-state index is 12.9. The summed E-state index contributed by atoms with van der Waals surface area (Å²) >= 11 is 0. The Morgan fingerprint density at radius 1 is 1.39 bits per heavy atom. The summed E-state index contributed by atoms with van der Waals surface area (Å²) in [6.07, 6.45) is -0.301. The number of hydrogen-bond acceptors (Lipinski definition) is 5. The molecule has 0 amide bonds. The normalized spacial score (nSPS) is 10.1. The lowest BCUT2D eigenvalue weighted by Gasteiger charge is -2.22. The van der Waals surface area contributed by atoms with Crippen molar-refractivity contribution in [2.45, 2.75) is 26.7 Å². The summed E-state index contributed by atoms with van der Waals surface area (Å²) < 4.78 is 31.1. The molecule has 0 spiro atoms. The van der Waals surface area contributed by atoms with Crippen molar-refractivity contribution in [3.05, 3.63) is 30.3 Å². The minimum absolute atomic E-state index is 0.250. The van der Waals surface area contributed by atoms with Crippen molar-refractivity contribution < 1.29 is 23.1 Å². The smallest absolute Gasteiger partial charge is 0.297 e. The minimum Gasteiger partial charge on any atom is -0.483 e. The number of carboxylic acid groups (broad SMARTS) is 1. The number of aromatic nitrogens is 2. The molecule has 2 heterocycles. The molecular weight excluding hydrogens is 308 g/mol. The van der Waals surface area contributed by atoms with Gasteiger partial charge in [-0.05, 0) is 25.5 Å². The summed E-state index contributed by atoms with van der Waals surface area (Å²) in [7, 11) is 0. The van der Waals surface area contributed by atoms with Gasteiger partial charge in [0.2, 0.25) is 0 Å². The largest absolute Gasteiger partial charge is 0.483 e. The number of anilines is 1. The predicted octanol–water partition coefficient (Wildman–Crippen LogP) is 3.61. The number of hydrogen-bond donors (Lipinski definition) is 1. The maximum Gasteiger partial charge on any atom is 0.297 e. The lowest BCUT2D eigenvalue weighted by atomic mass is 10.3. The monoisotopic (exact) mass is 327 g/mol. The molecule has 2 aromatic heterocycles. The third-order valence-corrected chi connectivity index (χ3v) is 2.90. The van der Waals surface area contributed by atoms with E-state index in [9.17, 15) is 8.78 Å². The van der Waals surface area contributed by atoms with Crippen LogP contribution in [0, 0.1) is 0 Å². The first kappa shape index (κ1) is 18.5. The first-order chi connectivity index (χ1) is 11.1. The molecular formula is C15H19F2N3O3. The molecule has 0 atom stereocenters. The van der Waals surface area contributed by atoms with Crippen molar-refractivity contribution in [2.24, 2.45) is 0 Å². The van der Waals surface area contributed by atoms with Crippen LogP contribution in [0.2, 0.25) is 0 Å². The highest BCUT2D eigenvalue weighted by molar-refractivity contribution is 5.57. The fourth-order valence-corrected chi connectivity index (χ4v) is 1.97. The first-order valence-corrected chi connectivity index (χ1v) is 7.11. The Bertz CT molecular complexity index is 592. The summed E-state index contributed by atoms with van der Waals surface area (Å²) in [6.45, 7) is 5.20. The minimum atomic E-state index is -2.70. The van der Waals surface area contributed by atoms with Crippen LogP contribution in [-0.4, -0.2) is 34.6 Å². The van der Waals surface area contributed by atoms with Gasteiger partial charge < -0.3 is 14.4 Å². The second-order valence-electron chi connectivity index (χ2n) is 4.43. The van der Waals surface area contributed by atoms with Gasteiger partial charge >= 0.3 is 0 Å². The van der Waals surface area contributed by atoms with Crippen molar-refractivity contribution in [2.75, 3.05) is 18.0 Å². The molecule has 0 aliphatic carbocycles. The van der Waals surface area contributed by atoms with Gasteiger partial charge in [0.05, 0.1) is 6.26 Å². The Morgan fingerprint density at radius 2 is 2.09 bits per heavy atom. The van der Waals surface area contributed by atoms with Crippen LogP contribution in [-0.2, 0) is 4.79 Å². The summed E-state index contributed by atoms with van der Waals surface area (Å²) in [4.78, 5) is 18.1. The van der Waals surface area contributed by atoms with Gasteiger partial charge in [-0.25, -0.2) is 18.7 Å². The van der Waals surface area contributed by atoms with Gasteiger partial charge in [-0.1, -0.05) is 6.92 Å². The molecule has 0 fully saturated rings. The highest BCUT2D eigenvalue weighted by Crippen LogP contribution is 2.26. The molecule has 0 saturated carbocycles. The second kappa shape index (κ2) is 9.50. The quantitative estimate of drug-likeness (QED) is 0.817. The van der Waals surface area contributed by atoms with E-state index in [1.165, 1.54) is 6.26 Å². The SMILES string of the molecule is CCCN(CC)c1cc(-c2ccco2)nc(C(F)F)n1.O=CO. The van der Waals surface area contributed by atoms with Crippen molar-refractivity contribution in [1.29, 1.82) is 0 Å². The van der Waals surface area contributed by atoms with Gasteiger partial charge in [-0.15, -0.1) is 0 Å².